The van der Waals surface area contributed by atoms with E-state index in [4.69, 9.17) is 0 Å². The minimum Gasteiger partial charge on any atom is -0.341 e. The zero-order valence-electron chi connectivity index (χ0n) is 11.4. The Labute approximate surface area is 123 Å². The molecule has 0 aromatic heterocycles. The smallest absolute Gasteiger partial charge is 0.222 e. The second-order valence-electron chi connectivity index (χ2n) is 5.07. The first-order valence-electron chi connectivity index (χ1n) is 6.90. The number of hydrogen-bond acceptors (Lipinski definition) is 2. The Morgan fingerprint density at radius 3 is 3.00 bits per heavy atom. The van der Waals surface area contributed by atoms with E-state index in [1.165, 1.54) is 11.1 Å². The molecular formula is C15H21BrN2O. The van der Waals surface area contributed by atoms with Gasteiger partial charge in [-0.3, -0.25) is 4.79 Å². The topological polar surface area (TPSA) is 32.3 Å². The van der Waals surface area contributed by atoms with Gasteiger partial charge in [0.2, 0.25) is 5.91 Å². The van der Waals surface area contributed by atoms with Crippen molar-refractivity contribution < 1.29 is 4.79 Å². The zero-order chi connectivity index (χ0) is 13.7. The maximum absolute atomic E-state index is 12.2. The van der Waals surface area contributed by atoms with Gasteiger partial charge in [0.25, 0.3) is 0 Å². The number of aryl methyl sites for hydroxylation is 2. The summed E-state index contributed by atoms with van der Waals surface area (Å²) in [7, 11) is 0. The molecule has 0 atom stereocenters. The first-order valence-corrected chi connectivity index (χ1v) is 7.69. The summed E-state index contributed by atoms with van der Waals surface area (Å²) in [6, 6.07) is 6.31. The van der Waals surface area contributed by atoms with Gasteiger partial charge >= 0.3 is 0 Å². The van der Waals surface area contributed by atoms with Gasteiger partial charge in [-0.15, -0.1) is 0 Å². The van der Waals surface area contributed by atoms with Crippen molar-refractivity contribution in [2.45, 2.75) is 26.2 Å². The number of halogens is 1. The third-order valence-corrected chi connectivity index (χ3v) is 4.43. The van der Waals surface area contributed by atoms with Gasteiger partial charge in [-0.2, -0.15) is 0 Å². The standard InChI is InChI=1S/C15H21BrN2O/c1-12-11-13(3-5-14(12)16)4-6-15(19)18-9-2-7-17-8-10-18/h3,5,11,17H,2,4,6-10H2,1H3. The van der Waals surface area contributed by atoms with E-state index in [0.717, 1.165) is 43.5 Å². The van der Waals surface area contributed by atoms with Crippen molar-refractivity contribution in [3.05, 3.63) is 33.8 Å². The van der Waals surface area contributed by atoms with Gasteiger partial charge < -0.3 is 10.2 Å². The highest BCUT2D eigenvalue weighted by Crippen LogP contribution is 2.18. The van der Waals surface area contributed by atoms with E-state index < -0.39 is 0 Å². The number of hydrogen-bond donors (Lipinski definition) is 1. The second-order valence-corrected chi connectivity index (χ2v) is 5.92. The van der Waals surface area contributed by atoms with Crippen LogP contribution in [0.4, 0.5) is 0 Å². The van der Waals surface area contributed by atoms with E-state index in [1.807, 2.05) is 4.90 Å². The molecular weight excluding hydrogens is 304 g/mol. The van der Waals surface area contributed by atoms with Crippen molar-refractivity contribution in [3.63, 3.8) is 0 Å². The average Bonchev–Trinajstić information content (AvgIpc) is 2.69. The van der Waals surface area contributed by atoms with Gasteiger partial charge in [0.1, 0.15) is 0 Å². The van der Waals surface area contributed by atoms with Gasteiger partial charge in [0.15, 0.2) is 0 Å². The lowest BCUT2D eigenvalue weighted by molar-refractivity contribution is -0.130. The molecule has 0 saturated carbocycles. The van der Waals surface area contributed by atoms with Gasteiger partial charge in [-0.05, 0) is 43.5 Å². The highest BCUT2D eigenvalue weighted by Gasteiger charge is 2.14. The van der Waals surface area contributed by atoms with E-state index in [-0.39, 0.29) is 5.91 Å². The maximum Gasteiger partial charge on any atom is 0.222 e. The predicted molar refractivity (Wildman–Crippen MR) is 81.3 cm³/mol. The van der Waals surface area contributed by atoms with Crippen LogP contribution >= 0.6 is 15.9 Å². The normalized spacial score (nSPS) is 16.2. The fourth-order valence-corrected chi connectivity index (χ4v) is 2.61. The summed E-state index contributed by atoms with van der Waals surface area (Å²) < 4.78 is 1.13. The van der Waals surface area contributed by atoms with Crippen LogP contribution in [0.15, 0.2) is 22.7 Å². The highest BCUT2D eigenvalue weighted by atomic mass is 79.9. The van der Waals surface area contributed by atoms with Gasteiger partial charge in [-0.25, -0.2) is 0 Å². The van der Waals surface area contributed by atoms with Gasteiger partial charge in [0.05, 0.1) is 0 Å². The van der Waals surface area contributed by atoms with Crippen molar-refractivity contribution in [1.82, 2.24) is 10.2 Å². The fourth-order valence-electron chi connectivity index (χ4n) is 2.37. The number of nitrogens with zero attached hydrogens (tertiary/aromatic N) is 1. The van der Waals surface area contributed by atoms with Crippen LogP contribution in [0.2, 0.25) is 0 Å². The van der Waals surface area contributed by atoms with Crippen molar-refractivity contribution in [2.75, 3.05) is 26.2 Å². The van der Waals surface area contributed by atoms with Gasteiger partial charge in [-0.1, -0.05) is 28.1 Å². The number of carbonyl (C=O) groups excluding carboxylic acids is 1. The van der Waals surface area contributed by atoms with Crippen LogP contribution in [0.5, 0.6) is 0 Å². The Morgan fingerprint density at radius 2 is 2.21 bits per heavy atom. The first kappa shape index (κ1) is 14.5. The van der Waals surface area contributed by atoms with Crippen molar-refractivity contribution >= 4 is 21.8 Å². The molecule has 0 aliphatic carbocycles. The Balaban J connectivity index is 1.86. The Hall–Kier alpha value is -0.870. The largest absolute Gasteiger partial charge is 0.341 e. The van der Waals surface area contributed by atoms with Crippen LogP contribution in [-0.2, 0) is 11.2 Å². The lowest BCUT2D eigenvalue weighted by Gasteiger charge is -2.19. The molecule has 1 saturated heterocycles. The lowest BCUT2D eigenvalue weighted by atomic mass is 10.1. The summed E-state index contributed by atoms with van der Waals surface area (Å²) in [5.41, 5.74) is 2.46. The summed E-state index contributed by atoms with van der Waals surface area (Å²) in [6.07, 6.45) is 2.50. The molecule has 19 heavy (non-hydrogen) atoms. The number of rotatable bonds is 3. The lowest BCUT2D eigenvalue weighted by Crippen LogP contribution is -2.34. The summed E-state index contributed by atoms with van der Waals surface area (Å²) in [5.74, 6) is 0.282. The van der Waals surface area contributed by atoms with Crippen molar-refractivity contribution in [1.29, 1.82) is 0 Å². The number of amides is 1. The first-order chi connectivity index (χ1) is 9.16. The minimum atomic E-state index is 0.282. The Kier molecular flexibility index (Phi) is 5.40. The van der Waals surface area contributed by atoms with Crippen molar-refractivity contribution in [3.8, 4) is 0 Å². The molecule has 3 nitrogen and oxygen atoms in total. The Bertz CT molecular complexity index is 440. The second kappa shape index (κ2) is 7.06. The van der Waals surface area contributed by atoms with E-state index >= 15 is 0 Å². The predicted octanol–water partition coefficient (Wildman–Crippen LogP) is 2.51. The van der Waals surface area contributed by atoms with Crippen LogP contribution in [-0.4, -0.2) is 37.0 Å². The van der Waals surface area contributed by atoms with E-state index in [1.54, 1.807) is 0 Å². The average molecular weight is 325 g/mol. The minimum absolute atomic E-state index is 0.282. The SMILES string of the molecule is Cc1cc(CCC(=O)N2CCCNCC2)ccc1Br. The summed E-state index contributed by atoms with van der Waals surface area (Å²) in [4.78, 5) is 14.2. The summed E-state index contributed by atoms with van der Waals surface area (Å²) >= 11 is 3.50. The van der Waals surface area contributed by atoms with Crippen LogP contribution in [0, 0.1) is 6.92 Å². The fraction of sp³-hybridized carbons (Fsp3) is 0.533. The van der Waals surface area contributed by atoms with Gasteiger partial charge in [0, 0.05) is 30.5 Å². The molecule has 0 unspecified atom stereocenters. The Morgan fingerprint density at radius 1 is 1.37 bits per heavy atom. The van der Waals surface area contributed by atoms with Crippen LogP contribution in [0.25, 0.3) is 0 Å². The molecule has 0 radical (unpaired) electrons. The van der Waals surface area contributed by atoms with Crippen LogP contribution < -0.4 is 5.32 Å². The van der Waals surface area contributed by atoms with Crippen LogP contribution in [0.1, 0.15) is 24.0 Å². The third kappa shape index (κ3) is 4.32. The molecule has 1 heterocycles. The summed E-state index contributed by atoms with van der Waals surface area (Å²) in [5, 5.41) is 3.32. The molecule has 1 amide bonds. The molecule has 1 fully saturated rings. The van der Waals surface area contributed by atoms with E-state index in [2.05, 4.69) is 46.4 Å². The van der Waals surface area contributed by atoms with Crippen molar-refractivity contribution in [2.24, 2.45) is 0 Å². The van der Waals surface area contributed by atoms with Crippen LogP contribution in [0.3, 0.4) is 0 Å². The molecule has 0 bridgehead atoms. The molecule has 104 valence electrons. The zero-order valence-corrected chi connectivity index (χ0v) is 13.0. The van der Waals surface area contributed by atoms with E-state index in [0.29, 0.717) is 6.42 Å². The maximum atomic E-state index is 12.2. The molecule has 0 spiro atoms. The highest BCUT2D eigenvalue weighted by molar-refractivity contribution is 9.10. The number of benzene rings is 1. The molecule has 1 aromatic rings. The molecule has 2 rings (SSSR count). The van der Waals surface area contributed by atoms with E-state index in [9.17, 15) is 4.79 Å². The third-order valence-electron chi connectivity index (χ3n) is 3.54. The number of nitrogens with one attached hydrogen (secondary N) is 1. The molecule has 1 aliphatic rings. The molecule has 1 N–H and O–H groups in total. The quantitative estimate of drug-likeness (QED) is 0.926. The molecule has 4 heteroatoms. The summed E-state index contributed by atoms with van der Waals surface area (Å²) in [6.45, 7) is 5.76. The molecule has 1 aromatic carbocycles. The monoisotopic (exact) mass is 324 g/mol. The molecule has 1 aliphatic heterocycles. The number of carbonyl (C=O) groups is 1.